The molecule has 4 N–H and O–H groups in total. The summed E-state index contributed by atoms with van der Waals surface area (Å²) in [4.78, 5) is 3.75. The molecule has 2 fully saturated rings. The Morgan fingerprint density at radius 1 is 1.00 bits per heavy atom. The fraction of sp³-hybridized carbons (Fsp3) is 0.400. The van der Waals surface area contributed by atoms with Crippen LogP contribution in [-0.4, -0.2) is 48.5 Å². The van der Waals surface area contributed by atoms with E-state index in [1.165, 1.54) is 12.1 Å². The Bertz CT molecular complexity index is 1780. The molecule has 1 saturated heterocycles. The number of rotatable bonds is 8. The fourth-order valence-corrected chi connectivity index (χ4v) is 7.12. The van der Waals surface area contributed by atoms with E-state index in [-0.39, 0.29) is 29.0 Å². The van der Waals surface area contributed by atoms with Crippen molar-refractivity contribution in [2.24, 2.45) is 0 Å². The normalized spacial score (nSPS) is 19.6. The predicted molar refractivity (Wildman–Crippen MR) is 158 cm³/mol. The van der Waals surface area contributed by atoms with Crippen molar-refractivity contribution < 1.29 is 26.3 Å². The summed E-state index contributed by atoms with van der Waals surface area (Å²) in [6.45, 7) is 5.37. The van der Waals surface area contributed by atoms with Gasteiger partial charge in [0.1, 0.15) is 33.9 Å². The second-order valence-electron chi connectivity index (χ2n) is 11.5. The van der Waals surface area contributed by atoms with Crippen LogP contribution in [0.1, 0.15) is 57.1 Å². The molecule has 0 bridgehead atoms. The van der Waals surface area contributed by atoms with Gasteiger partial charge in [-0.1, -0.05) is 12.1 Å². The first-order valence-corrected chi connectivity index (χ1v) is 15.8. The monoisotopic (exact) mass is 614 g/mol. The Hall–Kier alpha value is -3.68. The number of fused-ring (bicyclic) bond motifs is 1. The van der Waals surface area contributed by atoms with Gasteiger partial charge in [0, 0.05) is 29.9 Å². The van der Waals surface area contributed by atoms with Gasteiger partial charge in [-0.25, -0.2) is 26.6 Å². The third-order valence-electron chi connectivity index (χ3n) is 8.23. The smallest absolute Gasteiger partial charge is 0.264 e. The molecule has 0 spiro atoms. The summed E-state index contributed by atoms with van der Waals surface area (Å²) in [5, 5.41) is 8.76. The number of ether oxygens (including phenoxy) is 1. The number of nitrogens with zero attached hydrogens (tertiary/aromatic N) is 3. The van der Waals surface area contributed by atoms with Crippen molar-refractivity contribution in [1.82, 2.24) is 20.1 Å². The first kappa shape index (κ1) is 29.4. The fourth-order valence-electron chi connectivity index (χ4n) is 5.98. The summed E-state index contributed by atoms with van der Waals surface area (Å²) in [6, 6.07) is 6.93. The van der Waals surface area contributed by atoms with Crippen molar-refractivity contribution in [2.75, 3.05) is 23.7 Å². The van der Waals surface area contributed by atoms with E-state index in [0.29, 0.717) is 17.5 Å². The maximum absolute atomic E-state index is 15.7. The summed E-state index contributed by atoms with van der Waals surface area (Å²) >= 11 is 0. The summed E-state index contributed by atoms with van der Waals surface area (Å²) in [7, 11) is -4.53. The molecule has 1 aliphatic heterocycles. The molecule has 1 aliphatic carbocycles. The van der Waals surface area contributed by atoms with Crippen molar-refractivity contribution in [3.63, 3.8) is 0 Å². The first-order chi connectivity index (χ1) is 20.5. The second-order valence-corrected chi connectivity index (χ2v) is 13.2. The van der Waals surface area contributed by atoms with Gasteiger partial charge in [-0.05, 0) is 69.2 Å². The molecule has 0 radical (unpaired) electrons. The third kappa shape index (κ3) is 5.56. The van der Waals surface area contributed by atoms with E-state index < -0.39 is 38.1 Å². The van der Waals surface area contributed by atoms with Crippen molar-refractivity contribution >= 4 is 32.4 Å². The Labute approximate surface area is 247 Å². The van der Waals surface area contributed by atoms with Gasteiger partial charge in [0.2, 0.25) is 0 Å². The molecule has 0 unspecified atom stereocenters. The molecule has 6 rings (SSSR count). The molecule has 3 heterocycles. The number of halogens is 3. The lowest BCUT2D eigenvalue weighted by atomic mass is 9.81. The average Bonchev–Trinajstić information content (AvgIpc) is 3.35. The summed E-state index contributed by atoms with van der Waals surface area (Å²) in [5.41, 5.74) is 7.28. The van der Waals surface area contributed by atoms with E-state index in [0.717, 1.165) is 74.2 Å². The first-order valence-electron chi connectivity index (χ1n) is 14.3. The summed E-state index contributed by atoms with van der Waals surface area (Å²) in [5.74, 6) is -2.70. The number of aromatic nitrogens is 3. The van der Waals surface area contributed by atoms with Gasteiger partial charge in [0.15, 0.2) is 0 Å². The van der Waals surface area contributed by atoms with Crippen LogP contribution in [0.2, 0.25) is 0 Å². The van der Waals surface area contributed by atoms with Crippen molar-refractivity contribution in [3.05, 3.63) is 65.6 Å². The number of nitrogen functional groups attached to an aromatic ring is 1. The highest BCUT2D eigenvalue weighted by atomic mass is 32.2. The van der Waals surface area contributed by atoms with Crippen molar-refractivity contribution in [1.29, 1.82) is 0 Å². The van der Waals surface area contributed by atoms with E-state index in [1.54, 1.807) is 10.9 Å². The van der Waals surface area contributed by atoms with E-state index >= 15 is 8.78 Å². The highest BCUT2D eigenvalue weighted by Crippen LogP contribution is 2.42. The lowest BCUT2D eigenvalue weighted by molar-refractivity contribution is -0.0121. The maximum Gasteiger partial charge on any atom is 0.264 e. The molecule has 2 aliphatic rings. The highest BCUT2D eigenvalue weighted by Gasteiger charge is 2.31. The van der Waals surface area contributed by atoms with Crippen molar-refractivity contribution in [2.45, 2.75) is 68.5 Å². The van der Waals surface area contributed by atoms with E-state index in [4.69, 9.17) is 10.5 Å². The zero-order valence-corrected chi connectivity index (χ0v) is 24.6. The molecule has 2 aromatic carbocycles. The SMILES string of the molecule is CC(C)n1nc(-c2cc(F)c(NS(=O)(=O)c3ccccc3F)cc2F)c2c(N)ncc(C3CCC(NC4COC4)CC3)c21. The summed E-state index contributed by atoms with van der Waals surface area (Å²) in [6.07, 6.45) is 5.58. The minimum absolute atomic E-state index is 0.107. The Morgan fingerprint density at radius 3 is 2.37 bits per heavy atom. The number of nitrogens with two attached hydrogens (primary N) is 1. The van der Waals surface area contributed by atoms with Gasteiger partial charge in [0.05, 0.1) is 35.8 Å². The van der Waals surface area contributed by atoms with E-state index in [2.05, 4.69) is 15.4 Å². The van der Waals surface area contributed by atoms with Crippen LogP contribution in [0.4, 0.5) is 24.7 Å². The van der Waals surface area contributed by atoms with Gasteiger partial charge < -0.3 is 15.8 Å². The molecule has 2 aromatic heterocycles. The molecule has 0 atom stereocenters. The molecule has 4 aromatic rings. The van der Waals surface area contributed by atoms with Crippen LogP contribution in [0.5, 0.6) is 0 Å². The number of nitrogens with one attached hydrogen (secondary N) is 2. The van der Waals surface area contributed by atoms with Gasteiger partial charge in [-0.2, -0.15) is 5.10 Å². The van der Waals surface area contributed by atoms with Crippen LogP contribution >= 0.6 is 0 Å². The largest absolute Gasteiger partial charge is 0.383 e. The molecular weight excluding hydrogens is 581 g/mol. The average molecular weight is 615 g/mol. The van der Waals surface area contributed by atoms with Gasteiger partial charge >= 0.3 is 0 Å². The van der Waals surface area contributed by atoms with Gasteiger partial charge in [0.25, 0.3) is 10.0 Å². The summed E-state index contributed by atoms with van der Waals surface area (Å²) < 4.78 is 79.6. The van der Waals surface area contributed by atoms with E-state index in [9.17, 15) is 12.8 Å². The molecule has 0 amide bonds. The van der Waals surface area contributed by atoms with Crippen LogP contribution in [-0.2, 0) is 14.8 Å². The lowest BCUT2D eigenvalue weighted by Crippen LogP contribution is -2.51. The lowest BCUT2D eigenvalue weighted by Gasteiger charge is -2.35. The van der Waals surface area contributed by atoms with Crippen LogP contribution in [0, 0.1) is 17.5 Å². The Kier molecular flexibility index (Phi) is 7.82. The van der Waals surface area contributed by atoms with Crippen LogP contribution < -0.4 is 15.8 Å². The zero-order chi connectivity index (χ0) is 30.5. The molecule has 1 saturated carbocycles. The molecular formula is C30H33F3N6O3S. The van der Waals surface area contributed by atoms with Crippen LogP contribution in [0.3, 0.4) is 0 Å². The number of hydrogen-bond donors (Lipinski definition) is 3. The number of anilines is 2. The zero-order valence-electron chi connectivity index (χ0n) is 23.8. The van der Waals surface area contributed by atoms with Gasteiger partial charge in [-0.15, -0.1) is 0 Å². The number of hydrogen-bond acceptors (Lipinski definition) is 7. The van der Waals surface area contributed by atoms with Crippen LogP contribution in [0.25, 0.3) is 22.2 Å². The Balaban J connectivity index is 1.36. The highest BCUT2D eigenvalue weighted by molar-refractivity contribution is 7.92. The topological polar surface area (TPSA) is 124 Å². The third-order valence-corrected chi connectivity index (χ3v) is 9.63. The number of pyridine rings is 1. The van der Waals surface area contributed by atoms with Gasteiger partial charge in [-0.3, -0.25) is 9.40 Å². The number of sulfonamides is 1. The second kappa shape index (κ2) is 11.4. The number of benzene rings is 2. The molecule has 228 valence electrons. The predicted octanol–water partition coefficient (Wildman–Crippen LogP) is 5.49. The molecule has 9 nitrogen and oxygen atoms in total. The molecule has 13 heteroatoms. The Morgan fingerprint density at radius 2 is 1.72 bits per heavy atom. The molecule has 43 heavy (non-hydrogen) atoms. The minimum Gasteiger partial charge on any atom is -0.383 e. The quantitative estimate of drug-likeness (QED) is 0.240. The standard InChI is InChI=1S/C30H33F3N6O3S/c1-16(2)39-29-21(17-7-9-18(10-8-17)36-19-14-42-15-19)13-35-30(34)27(29)28(37-39)20-11-24(33)25(12-23(20)32)38-43(40,41)26-6-4-3-5-22(26)31/h3-6,11-13,16-19,36,38H,7-10,14-15H2,1-2H3,(H2,34,35). The minimum atomic E-state index is -4.53. The van der Waals surface area contributed by atoms with Crippen LogP contribution in [0.15, 0.2) is 47.5 Å². The van der Waals surface area contributed by atoms with Crippen molar-refractivity contribution in [3.8, 4) is 11.3 Å². The van der Waals surface area contributed by atoms with E-state index in [1.807, 2.05) is 18.6 Å². The maximum atomic E-state index is 15.7.